The maximum atomic E-state index is 11.3. The molecule has 1 amide bonds. The number of carbonyl (C=O) groups excluding carboxylic acids is 2. The molecule has 0 aromatic heterocycles. The van der Waals surface area contributed by atoms with Crippen molar-refractivity contribution in [1.82, 2.24) is 5.32 Å². The molecule has 1 radical (unpaired) electrons. The van der Waals surface area contributed by atoms with Crippen molar-refractivity contribution < 1.29 is 31.8 Å². The van der Waals surface area contributed by atoms with E-state index in [0.29, 0.717) is 0 Å². The van der Waals surface area contributed by atoms with Crippen molar-refractivity contribution in [3.8, 4) is 0 Å². The van der Waals surface area contributed by atoms with Gasteiger partial charge in [-0.15, -0.1) is 0 Å². The molecule has 2 unspecified atom stereocenters. The molecule has 1 aliphatic heterocycles. The van der Waals surface area contributed by atoms with Crippen molar-refractivity contribution in [2.75, 3.05) is 0 Å². The molecule has 4 nitrogen and oxygen atoms in total. The molecular weight excluding hydrogens is 246 g/mol. The van der Waals surface area contributed by atoms with Crippen LogP contribution in [0, 0.1) is 5.92 Å². The third-order valence-electron chi connectivity index (χ3n) is 2.63. The Balaban J connectivity index is 0.00000196. The SMILES string of the molecule is CCC(C)C1NC(=O)C(C(C)=O)=C1O.[Cu+2]. The molecule has 0 aromatic rings. The van der Waals surface area contributed by atoms with E-state index in [0.717, 1.165) is 6.42 Å². The normalized spacial score (nSPS) is 22.1. The molecule has 1 rings (SSSR count). The summed E-state index contributed by atoms with van der Waals surface area (Å²) in [5, 5.41) is 12.3. The van der Waals surface area contributed by atoms with E-state index in [-0.39, 0.29) is 40.1 Å². The fraction of sp³-hybridized carbons (Fsp3) is 0.600. The molecule has 0 spiro atoms. The van der Waals surface area contributed by atoms with Crippen LogP contribution in [-0.4, -0.2) is 22.8 Å². The number of nitrogens with one attached hydrogen (secondary N) is 1. The van der Waals surface area contributed by atoms with Gasteiger partial charge in [0.15, 0.2) is 5.78 Å². The number of carbonyl (C=O) groups is 2. The summed E-state index contributed by atoms with van der Waals surface area (Å²) in [5.74, 6) is -0.807. The summed E-state index contributed by atoms with van der Waals surface area (Å²) in [7, 11) is 0. The topological polar surface area (TPSA) is 66.4 Å². The number of rotatable bonds is 3. The molecule has 2 N–H and O–H groups in total. The van der Waals surface area contributed by atoms with Crippen molar-refractivity contribution in [2.45, 2.75) is 33.2 Å². The summed E-state index contributed by atoms with van der Waals surface area (Å²) in [6.07, 6.45) is 0.834. The number of aliphatic hydroxyl groups is 1. The van der Waals surface area contributed by atoms with E-state index < -0.39 is 11.9 Å². The monoisotopic (exact) mass is 260 g/mol. The first kappa shape index (κ1) is 14.2. The second-order valence-electron chi connectivity index (χ2n) is 3.65. The standard InChI is InChI=1S/C10H15NO3.Cu/c1-4-5(2)8-9(13)7(6(3)12)10(14)11-8;/h5,8,13H,4H2,1-3H3,(H,11,14);/q;+2. The van der Waals surface area contributed by atoms with E-state index in [4.69, 9.17) is 0 Å². The Morgan fingerprint density at radius 3 is 2.47 bits per heavy atom. The fourth-order valence-electron chi connectivity index (χ4n) is 1.54. The van der Waals surface area contributed by atoms with Crippen LogP contribution in [0.3, 0.4) is 0 Å². The molecule has 0 saturated carbocycles. The van der Waals surface area contributed by atoms with Crippen molar-refractivity contribution >= 4 is 11.7 Å². The molecule has 0 aromatic carbocycles. The van der Waals surface area contributed by atoms with E-state index in [1.165, 1.54) is 6.92 Å². The smallest absolute Gasteiger partial charge is 0.509 e. The zero-order valence-electron chi connectivity index (χ0n) is 8.93. The number of hydrogen-bond donors (Lipinski definition) is 2. The predicted octanol–water partition coefficient (Wildman–Crippen LogP) is 0.930. The zero-order chi connectivity index (χ0) is 10.9. The van der Waals surface area contributed by atoms with E-state index in [2.05, 4.69) is 5.32 Å². The first-order valence-corrected chi connectivity index (χ1v) is 4.74. The van der Waals surface area contributed by atoms with E-state index in [1.807, 2.05) is 13.8 Å². The molecule has 2 atom stereocenters. The van der Waals surface area contributed by atoms with Gasteiger partial charge >= 0.3 is 17.1 Å². The molecule has 0 aliphatic carbocycles. The Morgan fingerprint density at radius 2 is 2.13 bits per heavy atom. The Bertz CT molecular complexity index is 312. The van der Waals surface area contributed by atoms with Crippen molar-refractivity contribution in [3.05, 3.63) is 11.3 Å². The molecule has 5 heteroatoms. The summed E-state index contributed by atoms with van der Waals surface area (Å²) in [4.78, 5) is 22.4. The van der Waals surface area contributed by atoms with Gasteiger partial charge in [0, 0.05) is 0 Å². The maximum Gasteiger partial charge on any atom is 2.00 e. The van der Waals surface area contributed by atoms with Crippen LogP contribution in [0.15, 0.2) is 11.3 Å². The molecule has 87 valence electrons. The van der Waals surface area contributed by atoms with Crippen LogP contribution in [0.2, 0.25) is 0 Å². The largest absolute Gasteiger partial charge is 2.00 e. The number of amides is 1. The van der Waals surface area contributed by atoms with Gasteiger partial charge in [0.1, 0.15) is 11.3 Å². The molecule has 0 fully saturated rings. The fourth-order valence-corrected chi connectivity index (χ4v) is 1.54. The first-order chi connectivity index (χ1) is 6.49. The van der Waals surface area contributed by atoms with Crippen LogP contribution in [0.25, 0.3) is 0 Å². The Hall–Kier alpha value is -0.801. The summed E-state index contributed by atoms with van der Waals surface area (Å²) >= 11 is 0. The minimum Gasteiger partial charge on any atom is -0.509 e. The quantitative estimate of drug-likeness (QED) is 0.586. The van der Waals surface area contributed by atoms with Crippen LogP contribution in [0.5, 0.6) is 0 Å². The maximum absolute atomic E-state index is 11.3. The van der Waals surface area contributed by atoms with Gasteiger partial charge < -0.3 is 10.4 Å². The third kappa shape index (κ3) is 2.61. The van der Waals surface area contributed by atoms with Gasteiger partial charge in [-0.1, -0.05) is 20.3 Å². The van der Waals surface area contributed by atoms with Gasteiger partial charge in [-0.3, -0.25) is 9.59 Å². The molecule has 0 bridgehead atoms. The number of aliphatic hydroxyl groups excluding tert-OH is 1. The van der Waals surface area contributed by atoms with Gasteiger partial charge in [0.05, 0.1) is 6.04 Å². The average Bonchev–Trinajstić information content (AvgIpc) is 2.40. The second-order valence-corrected chi connectivity index (χ2v) is 3.65. The Morgan fingerprint density at radius 1 is 1.60 bits per heavy atom. The third-order valence-corrected chi connectivity index (χ3v) is 2.63. The first-order valence-electron chi connectivity index (χ1n) is 4.74. The summed E-state index contributed by atoms with van der Waals surface area (Å²) in [5.41, 5.74) is -0.0877. The zero-order valence-corrected chi connectivity index (χ0v) is 9.87. The summed E-state index contributed by atoms with van der Waals surface area (Å²) in [6, 6.07) is -0.397. The van der Waals surface area contributed by atoms with Crippen LogP contribution in [0.4, 0.5) is 0 Å². The van der Waals surface area contributed by atoms with Gasteiger partial charge in [-0.25, -0.2) is 0 Å². The average molecular weight is 261 g/mol. The molecule has 1 aliphatic rings. The molecule has 1 heterocycles. The Kier molecular flexibility index (Phi) is 5.04. The van der Waals surface area contributed by atoms with Crippen LogP contribution in [0.1, 0.15) is 27.2 Å². The molecule has 15 heavy (non-hydrogen) atoms. The van der Waals surface area contributed by atoms with Crippen LogP contribution in [-0.2, 0) is 26.7 Å². The predicted molar refractivity (Wildman–Crippen MR) is 51.7 cm³/mol. The minimum atomic E-state index is -0.458. The van der Waals surface area contributed by atoms with Crippen molar-refractivity contribution in [1.29, 1.82) is 0 Å². The number of hydrogen-bond acceptors (Lipinski definition) is 3. The van der Waals surface area contributed by atoms with Gasteiger partial charge in [-0.05, 0) is 12.8 Å². The minimum absolute atomic E-state index is 0. The summed E-state index contributed by atoms with van der Waals surface area (Å²) < 4.78 is 0. The van der Waals surface area contributed by atoms with Crippen LogP contribution < -0.4 is 5.32 Å². The van der Waals surface area contributed by atoms with E-state index in [1.54, 1.807) is 0 Å². The van der Waals surface area contributed by atoms with Crippen molar-refractivity contribution in [3.63, 3.8) is 0 Å². The van der Waals surface area contributed by atoms with E-state index >= 15 is 0 Å². The van der Waals surface area contributed by atoms with E-state index in [9.17, 15) is 14.7 Å². The molecule has 0 saturated heterocycles. The Labute approximate surface area is 99.6 Å². The number of ketones is 1. The van der Waals surface area contributed by atoms with Gasteiger partial charge in [-0.2, -0.15) is 0 Å². The van der Waals surface area contributed by atoms with Crippen molar-refractivity contribution in [2.24, 2.45) is 5.92 Å². The number of Topliss-reactive ketones (excluding diaryl/α,β-unsaturated/α-hetero) is 1. The second kappa shape index (κ2) is 5.33. The van der Waals surface area contributed by atoms with Gasteiger partial charge in [0.2, 0.25) is 0 Å². The van der Waals surface area contributed by atoms with Crippen LogP contribution >= 0.6 is 0 Å². The summed E-state index contributed by atoms with van der Waals surface area (Å²) in [6.45, 7) is 5.17. The molecular formula is C10H15CuNO3+2. The van der Waals surface area contributed by atoms with Gasteiger partial charge in [0.25, 0.3) is 5.91 Å².